The van der Waals surface area contributed by atoms with Gasteiger partial charge in [-0.1, -0.05) is 24.3 Å². The summed E-state index contributed by atoms with van der Waals surface area (Å²) in [5.74, 6) is -0.210. The molecular formula is C16H13BrN4O2. The van der Waals surface area contributed by atoms with Crippen molar-refractivity contribution in [1.82, 2.24) is 20.8 Å². The minimum Gasteiger partial charge on any atom is -0.342 e. The normalized spacial score (nSPS) is 10.5. The van der Waals surface area contributed by atoms with Crippen LogP contribution in [0.3, 0.4) is 0 Å². The first-order valence-electron chi connectivity index (χ1n) is 6.91. The quantitative estimate of drug-likeness (QED) is 0.616. The summed E-state index contributed by atoms with van der Waals surface area (Å²) in [7, 11) is 0. The number of H-pyrrole nitrogens is 1. The number of imidazole rings is 1. The van der Waals surface area contributed by atoms with Crippen molar-refractivity contribution in [1.29, 1.82) is 0 Å². The molecule has 1 aromatic heterocycles. The third-order valence-electron chi connectivity index (χ3n) is 3.20. The first kappa shape index (κ1) is 15.2. The minimum atomic E-state index is -0.393. The molecular weight excluding hydrogens is 360 g/mol. The third kappa shape index (κ3) is 3.57. The van der Waals surface area contributed by atoms with E-state index in [1.54, 1.807) is 24.3 Å². The molecule has 0 aliphatic heterocycles. The van der Waals surface area contributed by atoms with Crippen LogP contribution in [0.2, 0.25) is 0 Å². The Bertz CT molecular complexity index is 842. The molecule has 3 rings (SSSR count). The van der Waals surface area contributed by atoms with Crippen LogP contribution >= 0.6 is 15.9 Å². The Labute approximate surface area is 140 Å². The first-order valence-corrected chi connectivity index (χ1v) is 7.70. The van der Waals surface area contributed by atoms with E-state index in [-0.39, 0.29) is 12.3 Å². The van der Waals surface area contributed by atoms with Gasteiger partial charge in [-0.05, 0) is 40.2 Å². The molecule has 6 nitrogen and oxygen atoms in total. The van der Waals surface area contributed by atoms with Crippen LogP contribution in [0, 0.1) is 0 Å². The summed E-state index contributed by atoms with van der Waals surface area (Å²) in [6.45, 7) is 0. The Morgan fingerprint density at radius 2 is 1.78 bits per heavy atom. The second kappa shape index (κ2) is 6.62. The van der Waals surface area contributed by atoms with Crippen LogP contribution in [0.1, 0.15) is 16.2 Å². The van der Waals surface area contributed by atoms with E-state index in [0.29, 0.717) is 15.9 Å². The fourth-order valence-electron chi connectivity index (χ4n) is 2.12. The summed E-state index contributed by atoms with van der Waals surface area (Å²) < 4.78 is 0.657. The van der Waals surface area contributed by atoms with Crippen LogP contribution in [0.25, 0.3) is 11.0 Å². The number of benzene rings is 2. The van der Waals surface area contributed by atoms with Crippen LogP contribution < -0.4 is 10.9 Å². The SMILES string of the molecule is O=C(Cc1nc2ccccc2[nH]1)NNC(=O)c1ccccc1Br. The number of carbonyl (C=O) groups is 2. The van der Waals surface area contributed by atoms with Crippen LogP contribution in [0.15, 0.2) is 53.0 Å². The standard InChI is InChI=1S/C16H13BrN4O2/c17-11-6-2-1-5-10(11)16(23)21-20-15(22)9-14-18-12-7-3-4-8-13(12)19-14/h1-8H,9H2,(H,18,19)(H,20,22)(H,21,23). The minimum absolute atomic E-state index is 0.0465. The highest BCUT2D eigenvalue weighted by atomic mass is 79.9. The molecule has 0 fully saturated rings. The molecule has 0 radical (unpaired) electrons. The molecule has 116 valence electrons. The molecule has 0 saturated carbocycles. The number of halogens is 1. The molecule has 0 spiro atoms. The van der Waals surface area contributed by atoms with Crippen molar-refractivity contribution in [3.8, 4) is 0 Å². The summed E-state index contributed by atoms with van der Waals surface area (Å²) in [6.07, 6.45) is 0.0465. The smallest absolute Gasteiger partial charge is 0.270 e. The predicted octanol–water partition coefficient (Wildman–Crippen LogP) is 2.33. The Hall–Kier alpha value is -2.67. The zero-order chi connectivity index (χ0) is 16.2. The number of hydrogen-bond donors (Lipinski definition) is 3. The van der Waals surface area contributed by atoms with Crippen LogP contribution in [-0.2, 0) is 11.2 Å². The van der Waals surface area contributed by atoms with Crippen molar-refractivity contribution in [3.63, 3.8) is 0 Å². The molecule has 2 amide bonds. The van der Waals surface area contributed by atoms with Gasteiger partial charge in [-0.3, -0.25) is 20.4 Å². The Morgan fingerprint density at radius 3 is 2.57 bits per heavy atom. The highest BCUT2D eigenvalue weighted by Crippen LogP contribution is 2.15. The molecule has 0 aliphatic rings. The number of aromatic amines is 1. The van der Waals surface area contributed by atoms with E-state index in [2.05, 4.69) is 36.7 Å². The lowest BCUT2D eigenvalue weighted by Gasteiger charge is -2.07. The zero-order valence-corrected chi connectivity index (χ0v) is 13.6. The Kier molecular flexibility index (Phi) is 4.38. The largest absolute Gasteiger partial charge is 0.342 e. The number of hydrazine groups is 1. The fourth-order valence-corrected chi connectivity index (χ4v) is 2.59. The number of nitrogens with zero attached hydrogens (tertiary/aromatic N) is 1. The van der Waals surface area contributed by atoms with E-state index in [9.17, 15) is 9.59 Å². The van der Waals surface area contributed by atoms with E-state index < -0.39 is 5.91 Å². The molecule has 0 aliphatic carbocycles. The molecule has 0 saturated heterocycles. The Balaban J connectivity index is 1.59. The lowest BCUT2D eigenvalue weighted by atomic mass is 10.2. The van der Waals surface area contributed by atoms with Gasteiger partial charge in [0, 0.05) is 4.47 Å². The van der Waals surface area contributed by atoms with Gasteiger partial charge in [-0.15, -0.1) is 0 Å². The van der Waals surface area contributed by atoms with E-state index in [1.807, 2.05) is 24.3 Å². The van der Waals surface area contributed by atoms with Crippen molar-refractivity contribution < 1.29 is 9.59 Å². The molecule has 3 aromatic rings. The summed E-state index contributed by atoms with van der Waals surface area (Å²) in [4.78, 5) is 31.3. The maximum atomic E-state index is 12.0. The molecule has 3 N–H and O–H groups in total. The van der Waals surface area contributed by atoms with Crippen molar-refractivity contribution >= 4 is 38.8 Å². The molecule has 0 bridgehead atoms. The molecule has 0 unspecified atom stereocenters. The van der Waals surface area contributed by atoms with Crippen molar-refractivity contribution in [2.45, 2.75) is 6.42 Å². The fraction of sp³-hybridized carbons (Fsp3) is 0.0625. The number of hydrogen-bond acceptors (Lipinski definition) is 3. The lowest BCUT2D eigenvalue weighted by molar-refractivity contribution is -0.121. The van der Waals surface area contributed by atoms with E-state index in [0.717, 1.165) is 11.0 Å². The van der Waals surface area contributed by atoms with Crippen LogP contribution in [-0.4, -0.2) is 21.8 Å². The van der Waals surface area contributed by atoms with Gasteiger partial charge in [0.05, 0.1) is 23.0 Å². The molecule has 23 heavy (non-hydrogen) atoms. The number of amides is 2. The number of nitrogens with one attached hydrogen (secondary N) is 3. The second-order valence-corrected chi connectivity index (χ2v) is 5.71. The van der Waals surface area contributed by atoms with E-state index in [4.69, 9.17) is 0 Å². The van der Waals surface area contributed by atoms with Crippen molar-refractivity contribution in [2.75, 3.05) is 0 Å². The van der Waals surface area contributed by atoms with Crippen LogP contribution in [0.4, 0.5) is 0 Å². The monoisotopic (exact) mass is 372 g/mol. The summed E-state index contributed by atoms with van der Waals surface area (Å²) in [5, 5.41) is 0. The number of para-hydroxylation sites is 2. The van der Waals surface area contributed by atoms with Gasteiger partial charge in [-0.25, -0.2) is 4.98 Å². The highest BCUT2D eigenvalue weighted by molar-refractivity contribution is 9.10. The average molecular weight is 373 g/mol. The highest BCUT2D eigenvalue weighted by Gasteiger charge is 2.12. The lowest BCUT2D eigenvalue weighted by Crippen LogP contribution is -2.42. The maximum Gasteiger partial charge on any atom is 0.270 e. The third-order valence-corrected chi connectivity index (χ3v) is 3.89. The topological polar surface area (TPSA) is 86.9 Å². The average Bonchev–Trinajstić information content (AvgIpc) is 2.95. The second-order valence-electron chi connectivity index (χ2n) is 4.86. The zero-order valence-electron chi connectivity index (χ0n) is 12.0. The number of fused-ring (bicyclic) bond motifs is 1. The predicted molar refractivity (Wildman–Crippen MR) is 89.5 cm³/mol. The number of rotatable bonds is 3. The van der Waals surface area contributed by atoms with Gasteiger partial charge in [0.25, 0.3) is 5.91 Å². The van der Waals surface area contributed by atoms with Crippen molar-refractivity contribution in [3.05, 3.63) is 64.4 Å². The Morgan fingerprint density at radius 1 is 1.04 bits per heavy atom. The van der Waals surface area contributed by atoms with Crippen molar-refractivity contribution in [2.24, 2.45) is 0 Å². The van der Waals surface area contributed by atoms with Gasteiger partial charge in [0.15, 0.2) is 0 Å². The van der Waals surface area contributed by atoms with Gasteiger partial charge >= 0.3 is 0 Å². The maximum absolute atomic E-state index is 12.0. The summed E-state index contributed by atoms with van der Waals surface area (Å²) in [5.41, 5.74) is 6.87. The van der Waals surface area contributed by atoms with Gasteiger partial charge < -0.3 is 4.98 Å². The first-order chi connectivity index (χ1) is 11.1. The van der Waals surface area contributed by atoms with E-state index >= 15 is 0 Å². The summed E-state index contributed by atoms with van der Waals surface area (Å²) in [6, 6.07) is 14.5. The summed E-state index contributed by atoms with van der Waals surface area (Å²) >= 11 is 3.29. The van der Waals surface area contributed by atoms with Gasteiger partial charge in [0.2, 0.25) is 5.91 Å². The molecule has 7 heteroatoms. The van der Waals surface area contributed by atoms with Crippen LogP contribution in [0.5, 0.6) is 0 Å². The molecule has 1 heterocycles. The number of carbonyl (C=O) groups excluding carboxylic acids is 2. The van der Waals surface area contributed by atoms with Gasteiger partial charge in [-0.2, -0.15) is 0 Å². The van der Waals surface area contributed by atoms with Gasteiger partial charge in [0.1, 0.15) is 5.82 Å². The van der Waals surface area contributed by atoms with E-state index in [1.165, 1.54) is 0 Å². The molecule has 2 aromatic carbocycles. The molecule has 0 atom stereocenters. The number of aromatic nitrogens is 2.